The van der Waals surface area contributed by atoms with Gasteiger partial charge >= 0.3 is 6.40 Å². The lowest BCUT2D eigenvalue weighted by molar-refractivity contribution is -0.466. The van der Waals surface area contributed by atoms with Crippen molar-refractivity contribution in [1.29, 1.82) is 0 Å². The molecule has 0 fully saturated rings. The zero-order chi connectivity index (χ0) is 22.7. The highest BCUT2D eigenvalue weighted by Crippen LogP contribution is 2.57. The van der Waals surface area contributed by atoms with E-state index in [-0.39, 0.29) is 0 Å². The van der Waals surface area contributed by atoms with E-state index >= 15 is 0 Å². The topological polar surface area (TPSA) is 17.2 Å². The van der Waals surface area contributed by atoms with Crippen LogP contribution in [-0.2, 0) is 4.52 Å². The van der Waals surface area contributed by atoms with E-state index in [2.05, 4.69) is 116 Å². The van der Waals surface area contributed by atoms with Crippen LogP contribution in [0.4, 0.5) is 0 Å². The maximum atomic E-state index is 6.85. The van der Waals surface area contributed by atoms with Crippen molar-refractivity contribution < 1.29 is 9.10 Å². The van der Waals surface area contributed by atoms with E-state index in [1.54, 1.807) is 0 Å². The summed E-state index contributed by atoms with van der Waals surface area (Å²) in [7, 11) is 1.60. The molecule has 0 saturated carbocycles. The Kier molecular flexibility index (Phi) is 6.30. The molecule has 0 aliphatic rings. The van der Waals surface area contributed by atoms with E-state index in [0.717, 1.165) is 0 Å². The molecular weight excluding hydrogens is 411 g/mol. The first kappa shape index (κ1) is 22.0. The van der Waals surface area contributed by atoms with Crippen LogP contribution in [-0.4, -0.2) is 29.6 Å². The summed E-state index contributed by atoms with van der Waals surface area (Å²) in [5, 5.41) is 3.65. The fourth-order valence-electron chi connectivity index (χ4n) is 4.20. The second kappa shape index (κ2) is 9.14. The van der Waals surface area contributed by atoms with Crippen LogP contribution in [0.5, 0.6) is 0 Å². The molecule has 0 atom stereocenters. The van der Waals surface area contributed by atoms with Crippen LogP contribution < -0.4 is 15.9 Å². The molecule has 0 amide bonds. The third kappa shape index (κ3) is 4.01. The Bertz CT molecular complexity index is 1180. The lowest BCUT2D eigenvalue weighted by Gasteiger charge is -2.23. The number of benzene rings is 3. The molecule has 0 radical (unpaired) electrons. The van der Waals surface area contributed by atoms with Gasteiger partial charge in [0.1, 0.15) is 24.7 Å². The molecule has 1 heterocycles. The second-order valence-electron chi connectivity index (χ2n) is 8.38. The lowest BCUT2D eigenvalue weighted by atomic mass is 10.2. The number of rotatable bonds is 6. The molecule has 32 heavy (non-hydrogen) atoms. The van der Waals surface area contributed by atoms with Crippen molar-refractivity contribution >= 4 is 29.8 Å². The van der Waals surface area contributed by atoms with E-state index in [9.17, 15) is 0 Å². The Hall–Kier alpha value is -3.16. The minimum absolute atomic E-state index is 1.17. The average molecular weight is 443 g/mol. The Morgan fingerprint density at radius 1 is 0.750 bits per heavy atom. The number of hydrogen-bond donors (Lipinski definition) is 0. The van der Waals surface area contributed by atoms with Crippen LogP contribution in [0, 0.1) is 20.8 Å². The average Bonchev–Trinajstić information content (AvgIpc) is 3.10. The Balaban J connectivity index is 2.04. The molecule has 162 valence electrons. The number of aromatic nitrogens is 1. The van der Waals surface area contributed by atoms with Crippen LogP contribution in [0.2, 0.25) is 0 Å². The zero-order valence-electron chi connectivity index (χ0n) is 19.5. The van der Waals surface area contributed by atoms with Crippen molar-refractivity contribution in [1.82, 2.24) is 4.57 Å². The first-order chi connectivity index (χ1) is 15.4. The lowest BCUT2D eigenvalue weighted by Crippen LogP contribution is -2.34. The van der Waals surface area contributed by atoms with Gasteiger partial charge in [0, 0.05) is 17.4 Å². The monoisotopic (exact) mass is 442 g/mol. The predicted molar refractivity (Wildman–Crippen MR) is 138 cm³/mol. The van der Waals surface area contributed by atoms with E-state index in [1.807, 2.05) is 25.1 Å². The smallest absolute Gasteiger partial charge is 0.314 e. The Morgan fingerprint density at radius 2 is 1.28 bits per heavy atom. The number of nitrogens with zero attached hydrogens (tertiary/aromatic N) is 2. The summed E-state index contributed by atoms with van der Waals surface area (Å²) >= 11 is 0. The van der Waals surface area contributed by atoms with Crippen molar-refractivity contribution in [2.24, 2.45) is 0 Å². The molecule has 4 aromatic rings. The standard InChI is InChI=1S/C28H31N2OP/c1-22-16-18-25(19-17-22)30-23(2)20-28(24(30)3)32(31-21-29(4)5,26-12-8-6-9-13-26)27-14-10-7-11-15-27/h6-21H,1-5H3/q+2. The first-order valence-electron chi connectivity index (χ1n) is 10.9. The summed E-state index contributed by atoms with van der Waals surface area (Å²) in [5.41, 5.74) is 4.84. The summed E-state index contributed by atoms with van der Waals surface area (Å²) in [6.07, 6.45) is 1.85. The van der Waals surface area contributed by atoms with Crippen molar-refractivity contribution in [3.8, 4) is 5.69 Å². The second-order valence-corrected chi connectivity index (χ2v) is 11.3. The molecule has 3 aromatic carbocycles. The molecular formula is C28H31N2OP+2. The van der Waals surface area contributed by atoms with Crippen molar-refractivity contribution in [3.63, 3.8) is 0 Å². The summed E-state index contributed by atoms with van der Waals surface area (Å²) in [6.45, 7) is 6.51. The highest BCUT2D eigenvalue weighted by Gasteiger charge is 2.52. The summed E-state index contributed by atoms with van der Waals surface area (Å²) in [6, 6.07) is 32.4. The van der Waals surface area contributed by atoms with Gasteiger partial charge in [-0.25, -0.2) is 4.58 Å². The fraction of sp³-hybridized carbons (Fsp3) is 0.179. The van der Waals surface area contributed by atoms with Crippen LogP contribution in [0.1, 0.15) is 17.0 Å². The Labute approximate surface area is 192 Å². The molecule has 1 aromatic heterocycles. The predicted octanol–water partition coefficient (Wildman–Crippen LogP) is 4.93. The fourth-order valence-corrected chi connectivity index (χ4v) is 7.85. The first-order valence-corrected chi connectivity index (χ1v) is 12.6. The highest BCUT2D eigenvalue weighted by molar-refractivity contribution is 7.92. The number of aryl methyl sites for hydroxylation is 2. The third-order valence-electron chi connectivity index (χ3n) is 5.69. The summed E-state index contributed by atoms with van der Waals surface area (Å²) in [4.78, 5) is 0. The molecule has 0 spiro atoms. The van der Waals surface area contributed by atoms with Gasteiger partial charge in [0.15, 0.2) is 5.30 Å². The number of hydrogen-bond acceptors (Lipinski definition) is 1. The van der Waals surface area contributed by atoms with Gasteiger partial charge in [0.05, 0.1) is 5.69 Å². The summed E-state index contributed by atoms with van der Waals surface area (Å²) < 4.78 is 11.2. The zero-order valence-corrected chi connectivity index (χ0v) is 20.4. The van der Waals surface area contributed by atoms with Crippen molar-refractivity contribution in [2.75, 3.05) is 14.1 Å². The van der Waals surface area contributed by atoms with Gasteiger partial charge in [0.25, 0.3) is 7.49 Å². The van der Waals surface area contributed by atoms with Crippen molar-refractivity contribution in [2.45, 2.75) is 20.8 Å². The highest BCUT2D eigenvalue weighted by atomic mass is 31.2. The quantitative estimate of drug-likeness (QED) is 0.179. The van der Waals surface area contributed by atoms with Gasteiger partial charge < -0.3 is 4.57 Å². The molecule has 0 saturated heterocycles. The van der Waals surface area contributed by atoms with E-state index in [0.29, 0.717) is 0 Å². The van der Waals surface area contributed by atoms with Gasteiger partial charge in [0.2, 0.25) is 0 Å². The van der Waals surface area contributed by atoms with Gasteiger partial charge in [-0.2, -0.15) is 0 Å². The third-order valence-corrected chi connectivity index (χ3v) is 9.28. The minimum atomic E-state index is -2.40. The SMILES string of the molecule is Cc1ccc(-n2c(C)cc([P+](OC=[N+](C)C)(c3ccccc3)c3ccccc3)c2C)cc1. The maximum Gasteiger partial charge on any atom is 0.364 e. The molecule has 0 aliphatic carbocycles. The largest absolute Gasteiger partial charge is 0.364 e. The van der Waals surface area contributed by atoms with Gasteiger partial charge in [-0.3, -0.25) is 4.52 Å². The van der Waals surface area contributed by atoms with Crippen LogP contribution >= 0.6 is 7.49 Å². The van der Waals surface area contributed by atoms with E-state index < -0.39 is 7.49 Å². The van der Waals surface area contributed by atoms with Crippen molar-refractivity contribution in [3.05, 3.63) is 108 Å². The van der Waals surface area contributed by atoms with Crippen LogP contribution in [0.3, 0.4) is 0 Å². The molecule has 0 bridgehead atoms. The molecule has 3 nitrogen and oxygen atoms in total. The maximum absolute atomic E-state index is 6.85. The van der Waals surface area contributed by atoms with Crippen LogP contribution in [0.15, 0.2) is 91.0 Å². The summed E-state index contributed by atoms with van der Waals surface area (Å²) in [5.74, 6) is 0. The van der Waals surface area contributed by atoms with Gasteiger partial charge in [-0.1, -0.05) is 54.1 Å². The molecule has 0 aliphatic heterocycles. The normalized spacial score (nSPS) is 11.3. The van der Waals surface area contributed by atoms with Gasteiger partial charge in [-0.15, -0.1) is 0 Å². The Morgan fingerprint density at radius 3 is 1.78 bits per heavy atom. The van der Waals surface area contributed by atoms with E-state index in [1.165, 1.54) is 38.6 Å². The molecule has 4 heteroatoms. The van der Waals surface area contributed by atoms with E-state index in [4.69, 9.17) is 4.52 Å². The molecule has 0 unspecified atom stereocenters. The molecule has 4 rings (SSSR count). The minimum Gasteiger partial charge on any atom is -0.314 e. The van der Waals surface area contributed by atoms with Crippen LogP contribution in [0.25, 0.3) is 5.69 Å². The molecule has 0 N–H and O–H groups in total. The van der Waals surface area contributed by atoms with Gasteiger partial charge in [-0.05, 0) is 57.2 Å².